The van der Waals surface area contributed by atoms with E-state index in [9.17, 15) is 18.0 Å². The van der Waals surface area contributed by atoms with Crippen LogP contribution in [0.3, 0.4) is 0 Å². The fraction of sp³-hybridized carbons (Fsp3) is 0.286. The standard InChI is InChI=1S/C14H10ClF3N2O2S/c15-9-3-1-8(2-4-9)11(20-5-6-22-13(20)21)12-19-10(7-23-12)14(16,17)18/h1-4,7,11H,5-6H2/t11-/m1/s1. The molecule has 0 radical (unpaired) electrons. The number of carbonyl (C=O) groups is 1. The Balaban J connectivity index is 2.03. The van der Waals surface area contributed by atoms with Gasteiger partial charge in [0.15, 0.2) is 5.69 Å². The van der Waals surface area contributed by atoms with Gasteiger partial charge in [0, 0.05) is 10.4 Å². The molecule has 1 fully saturated rings. The predicted molar refractivity (Wildman–Crippen MR) is 78.5 cm³/mol. The minimum absolute atomic E-state index is 0.179. The van der Waals surface area contributed by atoms with Crippen LogP contribution in [0.15, 0.2) is 29.6 Å². The van der Waals surface area contributed by atoms with Crippen molar-refractivity contribution in [3.05, 3.63) is 50.9 Å². The first-order valence-corrected chi connectivity index (χ1v) is 7.83. The maximum Gasteiger partial charge on any atom is 0.434 e. The number of nitrogens with zero attached hydrogens (tertiary/aromatic N) is 2. The molecule has 0 spiro atoms. The van der Waals surface area contributed by atoms with Gasteiger partial charge >= 0.3 is 12.3 Å². The van der Waals surface area contributed by atoms with Crippen LogP contribution < -0.4 is 0 Å². The van der Waals surface area contributed by atoms with E-state index in [1.165, 1.54) is 4.90 Å². The molecule has 2 heterocycles. The van der Waals surface area contributed by atoms with Crippen LogP contribution in [-0.4, -0.2) is 29.1 Å². The number of thiazole rings is 1. The van der Waals surface area contributed by atoms with Crippen molar-refractivity contribution < 1.29 is 22.7 Å². The second kappa shape index (κ2) is 6.01. The first-order valence-electron chi connectivity index (χ1n) is 6.58. The first kappa shape index (κ1) is 16.1. The molecule has 1 aliphatic rings. The number of cyclic esters (lactones) is 1. The SMILES string of the molecule is O=C1OCCN1[C@H](c1ccc(Cl)cc1)c1nc(C(F)(F)F)cs1. The van der Waals surface area contributed by atoms with Crippen molar-refractivity contribution in [3.63, 3.8) is 0 Å². The van der Waals surface area contributed by atoms with Crippen LogP contribution in [0, 0.1) is 0 Å². The Labute approximate surface area is 138 Å². The normalized spacial score (nSPS) is 16.5. The average molecular weight is 363 g/mol. The second-order valence-electron chi connectivity index (χ2n) is 4.83. The number of rotatable bonds is 3. The molecule has 4 nitrogen and oxygen atoms in total. The molecule has 1 amide bonds. The van der Waals surface area contributed by atoms with Gasteiger partial charge in [-0.2, -0.15) is 13.2 Å². The molecule has 1 atom stereocenters. The molecule has 3 rings (SSSR count). The minimum Gasteiger partial charge on any atom is -0.448 e. The number of alkyl halides is 3. The van der Waals surface area contributed by atoms with Crippen LogP contribution in [0.25, 0.3) is 0 Å². The highest BCUT2D eigenvalue weighted by molar-refractivity contribution is 7.09. The van der Waals surface area contributed by atoms with Crippen molar-refractivity contribution >= 4 is 29.0 Å². The molecular weight excluding hydrogens is 353 g/mol. The van der Waals surface area contributed by atoms with E-state index in [-0.39, 0.29) is 18.2 Å². The van der Waals surface area contributed by atoms with Crippen LogP contribution in [0.1, 0.15) is 22.3 Å². The lowest BCUT2D eigenvalue weighted by Gasteiger charge is -2.24. The van der Waals surface area contributed by atoms with E-state index in [1.807, 2.05) is 0 Å². The maximum atomic E-state index is 12.8. The second-order valence-corrected chi connectivity index (χ2v) is 6.16. The Bertz CT molecular complexity index is 718. The van der Waals surface area contributed by atoms with Crippen molar-refractivity contribution in [2.45, 2.75) is 12.2 Å². The molecular formula is C14H10ClF3N2O2S. The number of benzene rings is 1. The van der Waals surface area contributed by atoms with Crippen molar-refractivity contribution in [2.24, 2.45) is 0 Å². The molecule has 0 unspecified atom stereocenters. The molecule has 0 bridgehead atoms. The van der Waals surface area contributed by atoms with E-state index in [1.54, 1.807) is 24.3 Å². The van der Waals surface area contributed by atoms with Crippen molar-refractivity contribution in [2.75, 3.05) is 13.2 Å². The van der Waals surface area contributed by atoms with Gasteiger partial charge in [-0.25, -0.2) is 9.78 Å². The third kappa shape index (κ3) is 3.28. The number of halogens is 4. The summed E-state index contributed by atoms with van der Waals surface area (Å²) >= 11 is 6.71. The number of carbonyl (C=O) groups excluding carboxylic acids is 1. The highest BCUT2D eigenvalue weighted by Crippen LogP contribution is 2.37. The molecule has 1 aliphatic heterocycles. The molecule has 1 aromatic heterocycles. The Hall–Kier alpha value is -1.80. The van der Waals surface area contributed by atoms with E-state index in [4.69, 9.17) is 16.3 Å². The first-order chi connectivity index (χ1) is 10.9. The average Bonchev–Trinajstić information content (AvgIpc) is 3.11. The zero-order valence-electron chi connectivity index (χ0n) is 11.5. The molecule has 0 saturated carbocycles. The number of ether oxygens (including phenoxy) is 1. The van der Waals surface area contributed by atoms with Crippen LogP contribution >= 0.6 is 22.9 Å². The molecule has 1 saturated heterocycles. The summed E-state index contributed by atoms with van der Waals surface area (Å²) in [6, 6.07) is 5.82. The van der Waals surface area contributed by atoms with Crippen LogP contribution in [0.4, 0.5) is 18.0 Å². The third-order valence-corrected chi connectivity index (χ3v) is 4.49. The van der Waals surface area contributed by atoms with Gasteiger partial charge in [0.05, 0.1) is 6.54 Å². The van der Waals surface area contributed by atoms with Crippen LogP contribution in [0.5, 0.6) is 0 Å². The smallest absolute Gasteiger partial charge is 0.434 e. The van der Waals surface area contributed by atoms with Crippen molar-refractivity contribution in [1.82, 2.24) is 9.88 Å². The van der Waals surface area contributed by atoms with E-state index in [0.717, 1.165) is 16.7 Å². The lowest BCUT2D eigenvalue weighted by atomic mass is 10.1. The molecule has 0 aliphatic carbocycles. The van der Waals surface area contributed by atoms with Gasteiger partial charge in [0.1, 0.15) is 17.7 Å². The molecule has 0 N–H and O–H groups in total. The van der Waals surface area contributed by atoms with Gasteiger partial charge < -0.3 is 4.74 Å². The van der Waals surface area contributed by atoms with Gasteiger partial charge in [-0.15, -0.1) is 11.3 Å². The summed E-state index contributed by atoms with van der Waals surface area (Å²) in [5.41, 5.74) is -0.347. The molecule has 122 valence electrons. The third-order valence-electron chi connectivity index (χ3n) is 3.34. The Morgan fingerprint density at radius 2 is 2.00 bits per heavy atom. The summed E-state index contributed by atoms with van der Waals surface area (Å²) in [5, 5.41) is 1.62. The van der Waals surface area contributed by atoms with Gasteiger partial charge in [-0.3, -0.25) is 4.90 Å². The topological polar surface area (TPSA) is 42.4 Å². The summed E-state index contributed by atoms with van der Waals surface area (Å²) in [6.07, 6.45) is -5.10. The van der Waals surface area contributed by atoms with E-state index >= 15 is 0 Å². The maximum absolute atomic E-state index is 12.8. The molecule has 2 aromatic rings. The van der Waals surface area contributed by atoms with Crippen molar-refractivity contribution in [3.8, 4) is 0 Å². The largest absolute Gasteiger partial charge is 0.448 e. The number of aromatic nitrogens is 1. The van der Waals surface area contributed by atoms with Gasteiger partial charge in [0.25, 0.3) is 0 Å². The summed E-state index contributed by atoms with van der Waals surface area (Å²) < 4.78 is 43.3. The van der Waals surface area contributed by atoms with Crippen LogP contribution in [-0.2, 0) is 10.9 Å². The quantitative estimate of drug-likeness (QED) is 0.815. The zero-order valence-corrected chi connectivity index (χ0v) is 13.1. The molecule has 23 heavy (non-hydrogen) atoms. The summed E-state index contributed by atoms with van der Waals surface area (Å²) in [4.78, 5) is 16.9. The lowest BCUT2D eigenvalue weighted by Crippen LogP contribution is -2.30. The van der Waals surface area contributed by atoms with Gasteiger partial charge in [-0.1, -0.05) is 23.7 Å². The van der Waals surface area contributed by atoms with Gasteiger partial charge in [-0.05, 0) is 17.7 Å². The summed E-state index contributed by atoms with van der Waals surface area (Å²) in [6.45, 7) is 0.480. The summed E-state index contributed by atoms with van der Waals surface area (Å²) in [7, 11) is 0. The fourth-order valence-corrected chi connectivity index (χ4v) is 3.37. The minimum atomic E-state index is -4.52. The number of hydrogen-bond acceptors (Lipinski definition) is 4. The Morgan fingerprint density at radius 1 is 1.30 bits per heavy atom. The number of amides is 1. The monoisotopic (exact) mass is 362 g/mol. The lowest BCUT2D eigenvalue weighted by molar-refractivity contribution is -0.140. The molecule has 9 heteroatoms. The van der Waals surface area contributed by atoms with Crippen molar-refractivity contribution in [1.29, 1.82) is 0 Å². The van der Waals surface area contributed by atoms with E-state index < -0.39 is 24.0 Å². The molecule has 1 aromatic carbocycles. The number of hydrogen-bond donors (Lipinski definition) is 0. The van der Waals surface area contributed by atoms with E-state index in [2.05, 4.69) is 4.98 Å². The highest BCUT2D eigenvalue weighted by atomic mass is 35.5. The Morgan fingerprint density at radius 3 is 2.52 bits per heavy atom. The highest BCUT2D eigenvalue weighted by Gasteiger charge is 2.38. The predicted octanol–water partition coefficient (Wildman–Crippen LogP) is 4.36. The van der Waals surface area contributed by atoms with Crippen LogP contribution in [0.2, 0.25) is 5.02 Å². The summed E-state index contributed by atoms with van der Waals surface area (Å²) in [5.74, 6) is 0. The van der Waals surface area contributed by atoms with E-state index in [0.29, 0.717) is 10.6 Å². The fourth-order valence-electron chi connectivity index (χ4n) is 2.28. The van der Waals surface area contributed by atoms with Gasteiger partial charge in [0.2, 0.25) is 0 Å². The zero-order chi connectivity index (χ0) is 16.6. The Kier molecular flexibility index (Phi) is 4.20.